The van der Waals surface area contributed by atoms with Gasteiger partial charge < -0.3 is 15.3 Å². The summed E-state index contributed by atoms with van der Waals surface area (Å²) in [4.78, 5) is 20.5. The second-order valence-corrected chi connectivity index (χ2v) is 3.83. The first-order chi connectivity index (χ1) is 9.52. The smallest absolute Gasteiger partial charge is 0.450 e. The molecular weight excluding hydrogens is 260 g/mol. The highest BCUT2D eigenvalue weighted by atomic mass is 16.6. The van der Waals surface area contributed by atoms with Crippen LogP contribution in [0.1, 0.15) is 22.0 Å². The van der Waals surface area contributed by atoms with Crippen molar-refractivity contribution in [2.75, 3.05) is 0 Å². The Balaban J connectivity index is 0.000000444. The van der Waals surface area contributed by atoms with E-state index in [0.717, 1.165) is 0 Å². The van der Waals surface area contributed by atoms with Crippen molar-refractivity contribution in [1.82, 2.24) is 0 Å². The molecule has 1 unspecified atom stereocenters. The average Bonchev–Trinajstić information content (AvgIpc) is 2.47. The van der Waals surface area contributed by atoms with Gasteiger partial charge in [-0.05, 0) is 5.56 Å². The zero-order valence-electron chi connectivity index (χ0n) is 10.5. The quantitative estimate of drug-likeness (QED) is 0.748. The molecule has 0 fully saturated rings. The Hall–Kier alpha value is -2.66. The van der Waals surface area contributed by atoms with Crippen molar-refractivity contribution in [1.29, 1.82) is 0 Å². The van der Waals surface area contributed by atoms with Gasteiger partial charge in [-0.1, -0.05) is 60.7 Å². The van der Waals surface area contributed by atoms with E-state index in [4.69, 9.17) is 15.0 Å². The van der Waals surface area contributed by atoms with Crippen LogP contribution in [-0.4, -0.2) is 27.3 Å². The monoisotopic (exact) mass is 274 g/mol. The Morgan fingerprint density at radius 1 is 0.800 bits per heavy atom. The number of carboxylic acid groups (broad SMARTS) is 2. The molecule has 0 amide bonds. The number of ketones is 1. The van der Waals surface area contributed by atoms with Gasteiger partial charge in [0.2, 0.25) is 0 Å². The molecule has 5 nitrogen and oxygen atoms in total. The zero-order valence-corrected chi connectivity index (χ0v) is 10.5. The van der Waals surface area contributed by atoms with Gasteiger partial charge in [0.05, 0.1) is 0 Å². The normalized spacial score (nSPS) is 10.8. The van der Waals surface area contributed by atoms with Crippen molar-refractivity contribution in [2.24, 2.45) is 0 Å². The van der Waals surface area contributed by atoms with E-state index in [0.29, 0.717) is 11.1 Å². The van der Waals surface area contributed by atoms with Gasteiger partial charge in [-0.15, -0.1) is 0 Å². The second-order valence-electron chi connectivity index (χ2n) is 3.83. The maximum Gasteiger partial charge on any atom is 0.503 e. The van der Waals surface area contributed by atoms with E-state index in [1.807, 2.05) is 12.1 Å². The number of Topliss-reactive ketones (excluding diaryl/α,β-unsaturated/α-hetero) is 1. The van der Waals surface area contributed by atoms with Gasteiger partial charge in [-0.2, -0.15) is 0 Å². The lowest BCUT2D eigenvalue weighted by atomic mass is 10.0. The summed E-state index contributed by atoms with van der Waals surface area (Å²) >= 11 is 0. The molecule has 0 bridgehead atoms. The Morgan fingerprint density at radius 2 is 1.20 bits per heavy atom. The molecule has 2 rings (SSSR count). The summed E-state index contributed by atoms with van der Waals surface area (Å²) in [6, 6.07) is 17.7. The highest BCUT2D eigenvalue weighted by Crippen LogP contribution is 2.17. The molecule has 2 aromatic rings. The third-order valence-electron chi connectivity index (χ3n) is 2.42. The van der Waals surface area contributed by atoms with Crippen molar-refractivity contribution in [3.05, 3.63) is 71.8 Å². The summed E-state index contributed by atoms with van der Waals surface area (Å²) in [7, 11) is 0. The van der Waals surface area contributed by atoms with Crippen LogP contribution in [0.3, 0.4) is 0 Å². The molecular formula is C15H14O5. The van der Waals surface area contributed by atoms with Gasteiger partial charge in [-0.3, -0.25) is 4.79 Å². The number of hydrogen-bond donors (Lipinski definition) is 3. The highest BCUT2D eigenvalue weighted by Gasteiger charge is 2.18. The molecule has 5 heteroatoms. The summed E-state index contributed by atoms with van der Waals surface area (Å²) in [5, 5.41) is 23.8. The van der Waals surface area contributed by atoms with Crippen LogP contribution < -0.4 is 0 Å². The third kappa shape index (κ3) is 4.91. The molecule has 104 valence electrons. The molecule has 2 aromatic carbocycles. The first kappa shape index (κ1) is 15.4. The molecule has 0 heterocycles. The van der Waals surface area contributed by atoms with Gasteiger partial charge >= 0.3 is 6.16 Å². The molecule has 0 spiro atoms. The predicted octanol–water partition coefficient (Wildman–Crippen LogP) is 2.83. The summed E-state index contributed by atoms with van der Waals surface area (Å²) < 4.78 is 0. The SMILES string of the molecule is O=C(O)O.O=C(c1ccccc1)C(O)c1ccccc1. The number of rotatable bonds is 3. The minimum Gasteiger partial charge on any atom is -0.450 e. The third-order valence-corrected chi connectivity index (χ3v) is 2.42. The lowest BCUT2D eigenvalue weighted by Gasteiger charge is -2.09. The van der Waals surface area contributed by atoms with Gasteiger partial charge in [-0.25, -0.2) is 4.79 Å². The fourth-order valence-electron chi connectivity index (χ4n) is 1.55. The van der Waals surface area contributed by atoms with Crippen molar-refractivity contribution in [2.45, 2.75) is 6.10 Å². The Bertz CT molecular complexity index is 547. The van der Waals surface area contributed by atoms with Crippen molar-refractivity contribution in [3.63, 3.8) is 0 Å². The van der Waals surface area contributed by atoms with Gasteiger partial charge in [0.25, 0.3) is 0 Å². The summed E-state index contributed by atoms with van der Waals surface area (Å²) in [5.41, 5.74) is 1.15. The Morgan fingerprint density at radius 3 is 1.65 bits per heavy atom. The van der Waals surface area contributed by atoms with Crippen LogP contribution in [0, 0.1) is 0 Å². The number of aliphatic hydroxyl groups excluding tert-OH is 1. The van der Waals surface area contributed by atoms with Gasteiger partial charge in [0.1, 0.15) is 6.10 Å². The van der Waals surface area contributed by atoms with Crippen LogP contribution in [0.15, 0.2) is 60.7 Å². The fourth-order valence-corrected chi connectivity index (χ4v) is 1.55. The van der Waals surface area contributed by atoms with E-state index in [1.54, 1.807) is 48.5 Å². The topological polar surface area (TPSA) is 94.8 Å². The van der Waals surface area contributed by atoms with Crippen LogP contribution in [-0.2, 0) is 0 Å². The highest BCUT2D eigenvalue weighted by molar-refractivity contribution is 5.99. The summed E-state index contributed by atoms with van der Waals surface area (Å²) in [6.07, 6.45) is -2.91. The largest absolute Gasteiger partial charge is 0.503 e. The average molecular weight is 274 g/mol. The van der Waals surface area contributed by atoms with Crippen molar-refractivity contribution in [3.8, 4) is 0 Å². The summed E-state index contributed by atoms with van der Waals surface area (Å²) in [6.45, 7) is 0. The number of hydrogen-bond acceptors (Lipinski definition) is 3. The van der Waals surface area contributed by atoms with Crippen LogP contribution in [0.2, 0.25) is 0 Å². The van der Waals surface area contributed by atoms with Crippen LogP contribution in [0.25, 0.3) is 0 Å². The minimum atomic E-state index is -1.83. The Kier molecular flexibility index (Phi) is 5.93. The number of benzene rings is 2. The maximum absolute atomic E-state index is 11.9. The molecule has 0 aliphatic carbocycles. The molecule has 0 aliphatic rings. The number of carbonyl (C=O) groups excluding carboxylic acids is 1. The number of carbonyl (C=O) groups is 2. The summed E-state index contributed by atoms with van der Waals surface area (Å²) in [5.74, 6) is -0.271. The molecule has 0 saturated carbocycles. The van der Waals surface area contributed by atoms with Crippen molar-refractivity contribution < 1.29 is 24.9 Å². The van der Waals surface area contributed by atoms with E-state index in [-0.39, 0.29) is 5.78 Å². The molecule has 1 atom stereocenters. The predicted molar refractivity (Wildman–Crippen MR) is 72.8 cm³/mol. The molecule has 0 aromatic heterocycles. The first-order valence-corrected chi connectivity index (χ1v) is 5.76. The molecule has 20 heavy (non-hydrogen) atoms. The van der Waals surface area contributed by atoms with E-state index < -0.39 is 12.3 Å². The Labute approximate surface area is 115 Å². The second kappa shape index (κ2) is 7.70. The van der Waals surface area contributed by atoms with Gasteiger partial charge in [0.15, 0.2) is 5.78 Å². The molecule has 3 N–H and O–H groups in total. The van der Waals surface area contributed by atoms with E-state index in [9.17, 15) is 9.90 Å². The van der Waals surface area contributed by atoms with Gasteiger partial charge in [0, 0.05) is 5.56 Å². The molecule has 0 radical (unpaired) electrons. The van der Waals surface area contributed by atoms with Crippen LogP contribution in [0.4, 0.5) is 4.79 Å². The lowest BCUT2D eigenvalue weighted by molar-refractivity contribution is 0.0747. The fraction of sp³-hybridized carbons (Fsp3) is 0.0667. The van der Waals surface area contributed by atoms with Crippen LogP contribution in [0.5, 0.6) is 0 Å². The van der Waals surface area contributed by atoms with Crippen molar-refractivity contribution >= 4 is 11.9 Å². The lowest BCUT2D eigenvalue weighted by Crippen LogP contribution is -2.11. The van der Waals surface area contributed by atoms with E-state index in [1.165, 1.54) is 0 Å². The first-order valence-electron chi connectivity index (χ1n) is 5.76. The van der Waals surface area contributed by atoms with E-state index >= 15 is 0 Å². The molecule has 0 aliphatic heterocycles. The number of aliphatic hydroxyl groups is 1. The minimum absolute atomic E-state index is 0.271. The van der Waals surface area contributed by atoms with E-state index in [2.05, 4.69) is 0 Å². The molecule has 0 saturated heterocycles. The standard InChI is InChI=1S/C14H12O2.CH2O3/c15-13(11-7-3-1-4-8-11)14(16)12-9-5-2-6-10-12;2-1(3)4/h1-10,13,15H;(H2,2,3,4). The van der Waals surface area contributed by atoms with Crippen LogP contribution >= 0.6 is 0 Å². The maximum atomic E-state index is 11.9. The zero-order chi connectivity index (χ0) is 15.0.